The highest BCUT2D eigenvalue weighted by atomic mass is 32.1. The van der Waals surface area contributed by atoms with E-state index in [1.54, 1.807) is 0 Å². The van der Waals surface area contributed by atoms with Gasteiger partial charge in [0, 0.05) is 24.1 Å². The van der Waals surface area contributed by atoms with E-state index >= 15 is 0 Å². The summed E-state index contributed by atoms with van der Waals surface area (Å²) >= 11 is 4.20. The third kappa shape index (κ3) is 1.98. The topological polar surface area (TPSA) is 12.4 Å². The zero-order valence-electron chi connectivity index (χ0n) is 11.6. The van der Waals surface area contributed by atoms with Crippen LogP contribution < -0.4 is 0 Å². The van der Waals surface area contributed by atoms with Crippen molar-refractivity contribution >= 4 is 51.2 Å². The number of hydrogen-bond donors (Lipinski definition) is 1. The lowest BCUT2D eigenvalue weighted by Gasteiger charge is -2.12. The van der Waals surface area contributed by atoms with Crippen LogP contribution in [0.3, 0.4) is 0 Å². The Labute approximate surface area is 129 Å². The van der Waals surface area contributed by atoms with Gasteiger partial charge in [0.05, 0.1) is 0 Å². The normalized spacial score (nSPS) is 12.2. The first kappa shape index (κ1) is 12.7. The lowest BCUT2D eigenvalue weighted by molar-refractivity contribution is 1.16. The Morgan fingerprint density at radius 1 is 0.810 bits per heavy atom. The molecule has 0 radical (unpaired) electrons. The predicted molar refractivity (Wildman–Crippen MR) is 96.5 cm³/mol. The molecule has 0 aliphatic carbocycles. The molecular weight excluding hydrogens is 274 g/mol. The Morgan fingerprint density at radius 2 is 1.48 bits per heavy atom. The highest BCUT2D eigenvalue weighted by molar-refractivity contribution is 7.80. The Balaban J connectivity index is 2.10. The van der Waals surface area contributed by atoms with Crippen molar-refractivity contribution in [1.29, 1.82) is 0 Å². The van der Waals surface area contributed by atoms with Crippen molar-refractivity contribution in [2.75, 3.05) is 12.3 Å². The van der Waals surface area contributed by atoms with E-state index in [9.17, 15) is 0 Å². The first-order chi connectivity index (χ1) is 10.4. The van der Waals surface area contributed by atoms with Gasteiger partial charge in [-0.2, -0.15) is 12.6 Å². The van der Waals surface area contributed by atoms with Gasteiger partial charge in [-0.1, -0.05) is 54.6 Å². The minimum Gasteiger partial charge on any atom is -0.292 e. The lowest BCUT2D eigenvalue weighted by Crippen LogP contribution is -1.90. The molecule has 0 saturated heterocycles. The van der Waals surface area contributed by atoms with E-state index in [-0.39, 0.29) is 0 Å². The van der Waals surface area contributed by atoms with Crippen LogP contribution in [0, 0.1) is 0 Å². The maximum atomic E-state index is 4.44. The fraction of sp³-hybridized carbons (Fsp3) is 0.105. The molecule has 0 spiro atoms. The van der Waals surface area contributed by atoms with Gasteiger partial charge < -0.3 is 0 Å². The van der Waals surface area contributed by atoms with Crippen molar-refractivity contribution in [1.82, 2.24) is 0 Å². The quantitative estimate of drug-likeness (QED) is 0.312. The fourth-order valence-corrected chi connectivity index (χ4v) is 3.21. The molecule has 21 heavy (non-hydrogen) atoms. The second kappa shape index (κ2) is 5.05. The second-order valence-electron chi connectivity index (χ2n) is 5.27. The van der Waals surface area contributed by atoms with Gasteiger partial charge in [-0.05, 0) is 32.3 Å². The summed E-state index contributed by atoms with van der Waals surface area (Å²) in [5.74, 6) is 0.780. The number of hydrogen-bond acceptors (Lipinski definition) is 2. The minimum absolute atomic E-state index is 0.755. The van der Waals surface area contributed by atoms with Gasteiger partial charge in [0.2, 0.25) is 0 Å². The molecule has 0 saturated carbocycles. The summed E-state index contributed by atoms with van der Waals surface area (Å²) in [6, 6.07) is 19.7. The first-order valence-corrected chi connectivity index (χ1v) is 7.79. The summed E-state index contributed by atoms with van der Waals surface area (Å²) in [5.41, 5.74) is 1.18. The van der Waals surface area contributed by atoms with Gasteiger partial charge in [0.15, 0.2) is 0 Å². The number of nitrogens with zero attached hydrogens (tertiary/aromatic N) is 1. The van der Waals surface area contributed by atoms with Gasteiger partial charge in [-0.25, -0.2) is 0 Å². The van der Waals surface area contributed by atoms with E-state index in [4.69, 9.17) is 0 Å². The zero-order chi connectivity index (χ0) is 14.2. The molecule has 4 aromatic rings. The van der Waals surface area contributed by atoms with Gasteiger partial charge >= 0.3 is 0 Å². The highest BCUT2D eigenvalue weighted by Crippen LogP contribution is 2.35. The SMILES string of the molecule is SCCN=Cc1ccc2ccc3cccc4ccc1c2c34. The first-order valence-electron chi connectivity index (χ1n) is 7.16. The summed E-state index contributed by atoms with van der Waals surface area (Å²) in [5, 5.41) is 7.88. The lowest BCUT2D eigenvalue weighted by atomic mass is 9.92. The number of aliphatic imine (C=N–C) groups is 1. The van der Waals surface area contributed by atoms with E-state index in [0.29, 0.717) is 0 Å². The third-order valence-corrected chi connectivity index (χ3v) is 4.22. The maximum Gasteiger partial charge on any atom is 0.0477 e. The van der Waals surface area contributed by atoms with Crippen molar-refractivity contribution < 1.29 is 0 Å². The Bertz CT molecular complexity index is 940. The van der Waals surface area contributed by atoms with Crippen LogP contribution in [0.1, 0.15) is 5.56 Å². The molecule has 0 atom stereocenters. The summed E-state index contributed by atoms with van der Waals surface area (Å²) in [7, 11) is 0. The minimum atomic E-state index is 0.755. The molecule has 0 amide bonds. The summed E-state index contributed by atoms with van der Waals surface area (Å²) in [6.45, 7) is 0.755. The van der Waals surface area contributed by atoms with E-state index in [2.05, 4.69) is 72.2 Å². The largest absolute Gasteiger partial charge is 0.292 e. The van der Waals surface area contributed by atoms with E-state index in [1.165, 1.54) is 37.9 Å². The molecule has 0 aliphatic rings. The molecule has 0 N–H and O–H groups in total. The molecule has 0 heterocycles. The summed E-state index contributed by atoms with van der Waals surface area (Å²) in [6.07, 6.45) is 1.97. The van der Waals surface area contributed by atoms with Gasteiger partial charge in [0.1, 0.15) is 0 Å². The average Bonchev–Trinajstić information content (AvgIpc) is 2.54. The summed E-state index contributed by atoms with van der Waals surface area (Å²) < 4.78 is 0. The Morgan fingerprint density at radius 3 is 2.24 bits per heavy atom. The molecular formula is C19H15NS. The van der Waals surface area contributed by atoms with Crippen LogP contribution in [0.5, 0.6) is 0 Å². The average molecular weight is 289 g/mol. The van der Waals surface area contributed by atoms with Gasteiger partial charge in [-0.3, -0.25) is 4.99 Å². The van der Waals surface area contributed by atoms with Crippen molar-refractivity contribution in [2.45, 2.75) is 0 Å². The third-order valence-electron chi connectivity index (χ3n) is 4.02. The van der Waals surface area contributed by atoms with Crippen molar-refractivity contribution in [2.24, 2.45) is 4.99 Å². The molecule has 4 rings (SSSR count). The van der Waals surface area contributed by atoms with Crippen LogP contribution in [0.2, 0.25) is 0 Å². The monoisotopic (exact) mass is 289 g/mol. The smallest absolute Gasteiger partial charge is 0.0477 e. The predicted octanol–water partition coefficient (Wildman–Crippen LogP) is 4.93. The number of thiol groups is 1. The second-order valence-corrected chi connectivity index (χ2v) is 5.72. The highest BCUT2D eigenvalue weighted by Gasteiger charge is 2.09. The van der Waals surface area contributed by atoms with Gasteiger partial charge in [0.25, 0.3) is 0 Å². The number of benzene rings is 4. The van der Waals surface area contributed by atoms with Crippen LogP contribution in [0.15, 0.2) is 59.6 Å². The van der Waals surface area contributed by atoms with Crippen LogP contribution in [-0.2, 0) is 0 Å². The Kier molecular flexibility index (Phi) is 3.04. The molecule has 0 fully saturated rings. The van der Waals surface area contributed by atoms with E-state index < -0.39 is 0 Å². The molecule has 1 nitrogen and oxygen atoms in total. The van der Waals surface area contributed by atoms with E-state index in [1.807, 2.05) is 6.21 Å². The number of rotatable bonds is 3. The molecule has 0 aromatic heterocycles. The van der Waals surface area contributed by atoms with Crippen LogP contribution in [0.4, 0.5) is 0 Å². The molecule has 0 aliphatic heterocycles. The Hall–Kier alpha value is -2.06. The molecule has 102 valence electrons. The van der Waals surface area contributed by atoms with E-state index in [0.717, 1.165) is 12.3 Å². The van der Waals surface area contributed by atoms with Crippen molar-refractivity contribution in [3.05, 3.63) is 60.2 Å². The summed E-state index contributed by atoms with van der Waals surface area (Å²) in [4.78, 5) is 4.44. The van der Waals surface area contributed by atoms with Crippen LogP contribution in [-0.4, -0.2) is 18.5 Å². The van der Waals surface area contributed by atoms with Crippen LogP contribution >= 0.6 is 12.6 Å². The zero-order valence-corrected chi connectivity index (χ0v) is 12.5. The van der Waals surface area contributed by atoms with Crippen molar-refractivity contribution in [3.8, 4) is 0 Å². The maximum absolute atomic E-state index is 4.44. The molecule has 4 aromatic carbocycles. The molecule has 2 heteroatoms. The van der Waals surface area contributed by atoms with Gasteiger partial charge in [-0.15, -0.1) is 0 Å². The molecule has 0 bridgehead atoms. The molecule has 0 unspecified atom stereocenters. The van der Waals surface area contributed by atoms with Crippen LogP contribution in [0.25, 0.3) is 32.3 Å². The van der Waals surface area contributed by atoms with Crippen molar-refractivity contribution in [3.63, 3.8) is 0 Å². The fourth-order valence-electron chi connectivity index (χ4n) is 3.09. The standard InChI is InChI=1S/C19H15NS/c21-11-10-20-12-16-7-6-15-5-4-13-2-1-3-14-8-9-17(16)19(15)18(13)14/h1-9,12,21H,10-11H2.